The van der Waals surface area contributed by atoms with Gasteiger partial charge in [-0.15, -0.1) is 0 Å². The van der Waals surface area contributed by atoms with Crippen LogP contribution in [0.2, 0.25) is 0 Å². The fraction of sp³-hybridized carbons (Fsp3) is 0.220. The van der Waals surface area contributed by atoms with Crippen LogP contribution in [-0.2, 0) is 16.1 Å². The van der Waals surface area contributed by atoms with Crippen LogP contribution in [0.3, 0.4) is 0 Å². The van der Waals surface area contributed by atoms with Gasteiger partial charge in [-0.2, -0.15) is 0 Å². The second-order valence-electron chi connectivity index (χ2n) is 13.5. The van der Waals surface area contributed by atoms with Gasteiger partial charge in [0.2, 0.25) is 17.7 Å². The number of pyridine rings is 3. The number of carbonyl (C=O) groups excluding carboxylic acids is 3. The van der Waals surface area contributed by atoms with Gasteiger partial charge in [0, 0.05) is 76.9 Å². The van der Waals surface area contributed by atoms with E-state index in [-0.39, 0.29) is 49.3 Å². The van der Waals surface area contributed by atoms with Gasteiger partial charge in [-0.05, 0) is 54.3 Å². The molecule has 2 N–H and O–H groups in total. The normalized spacial score (nSPS) is 19.1. The Morgan fingerprint density at radius 3 is 2.53 bits per heavy atom. The Labute approximate surface area is 311 Å². The lowest BCUT2D eigenvalue weighted by Crippen LogP contribution is -2.52. The van der Waals surface area contributed by atoms with Crippen LogP contribution in [0.25, 0.3) is 32.9 Å². The minimum Gasteiger partial charge on any atom is -0.489 e. The summed E-state index contributed by atoms with van der Waals surface area (Å²) < 4.78 is 47.6. The molecule has 0 bridgehead atoms. The van der Waals surface area contributed by atoms with Crippen molar-refractivity contribution in [2.75, 3.05) is 6.61 Å². The van der Waals surface area contributed by atoms with E-state index in [0.717, 1.165) is 43.9 Å². The predicted octanol–water partition coefficient (Wildman–Crippen LogP) is 5.63. The van der Waals surface area contributed by atoms with Crippen LogP contribution < -0.4 is 19.5 Å². The summed E-state index contributed by atoms with van der Waals surface area (Å²) in [6.07, 6.45) is 8.45. The first-order chi connectivity index (χ1) is 26.8. The number of piperidine rings is 1. The quantitative estimate of drug-likeness (QED) is 0.150. The molecule has 2 aliphatic heterocycles. The summed E-state index contributed by atoms with van der Waals surface area (Å²) in [6, 6.07) is 15.5. The first-order valence-electron chi connectivity index (χ1n) is 17.7. The topological polar surface area (TPSA) is 149 Å². The van der Waals surface area contributed by atoms with E-state index in [1.807, 2.05) is 30.6 Å². The summed E-state index contributed by atoms with van der Waals surface area (Å²) in [7, 11) is 0. The van der Waals surface area contributed by atoms with Crippen molar-refractivity contribution in [3.63, 3.8) is 0 Å². The number of aromatic amines is 1. The van der Waals surface area contributed by atoms with Crippen molar-refractivity contribution in [1.82, 2.24) is 30.2 Å². The van der Waals surface area contributed by atoms with E-state index in [1.165, 1.54) is 0 Å². The SMILES string of the molecule is O=C1CCC(N2Cc3c(cc(F)c(OCC#Cc4ccc(OC5CC(Oc6ccc(-c7ccc8c(c7)[nH]c7ccncc78)cn6)C5)cn4)c3F)C2=O)C(=O)N1. The largest absolute Gasteiger partial charge is 0.489 e. The Hall–Kier alpha value is -6.88. The zero-order chi connectivity index (χ0) is 37.6. The number of fused-ring (bicyclic) bond motifs is 4. The summed E-state index contributed by atoms with van der Waals surface area (Å²) in [5.41, 5.74) is 4.25. The maximum absolute atomic E-state index is 15.3. The fourth-order valence-electron chi connectivity index (χ4n) is 7.12. The average molecular weight is 741 g/mol. The van der Waals surface area contributed by atoms with Crippen molar-refractivity contribution in [2.24, 2.45) is 0 Å². The fourth-order valence-corrected chi connectivity index (χ4v) is 7.12. The van der Waals surface area contributed by atoms with Crippen molar-refractivity contribution < 1.29 is 37.4 Å². The van der Waals surface area contributed by atoms with E-state index in [0.29, 0.717) is 30.2 Å². The molecule has 12 nitrogen and oxygen atoms in total. The zero-order valence-corrected chi connectivity index (χ0v) is 29.0. The van der Waals surface area contributed by atoms with Gasteiger partial charge in [-0.3, -0.25) is 24.7 Å². The molecule has 14 heteroatoms. The maximum Gasteiger partial charge on any atom is 0.255 e. The average Bonchev–Trinajstić information content (AvgIpc) is 3.71. The molecule has 1 saturated heterocycles. The lowest BCUT2D eigenvalue weighted by Gasteiger charge is -2.34. The Morgan fingerprint density at radius 1 is 0.873 bits per heavy atom. The Morgan fingerprint density at radius 2 is 1.73 bits per heavy atom. The Bertz CT molecular complexity index is 2580. The number of ether oxygens (including phenoxy) is 3. The number of nitrogens with zero attached hydrogens (tertiary/aromatic N) is 4. The van der Waals surface area contributed by atoms with E-state index in [2.05, 4.69) is 55.3 Å². The monoisotopic (exact) mass is 740 g/mol. The second-order valence-corrected chi connectivity index (χ2v) is 13.5. The number of benzene rings is 2. The molecule has 6 heterocycles. The van der Waals surface area contributed by atoms with E-state index < -0.39 is 41.1 Å². The number of amides is 3. The smallest absolute Gasteiger partial charge is 0.255 e. The molecule has 4 aromatic heterocycles. The summed E-state index contributed by atoms with van der Waals surface area (Å²) in [5, 5.41) is 4.39. The number of hydrogen-bond acceptors (Lipinski definition) is 9. The minimum absolute atomic E-state index is 0.0251. The third-order valence-corrected chi connectivity index (χ3v) is 10.0. The number of imide groups is 1. The van der Waals surface area contributed by atoms with Crippen molar-refractivity contribution in [3.05, 3.63) is 108 Å². The number of rotatable bonds is 8. The molecule has 1 aliphatic carbocycles. The van der Waals surface area contributed by atoms with Crippen LogP contribution in [0, 0.1) is 23.5 Å². The molecule has 2 fully saturated rings. The first kappa shape index (κ1) is 33.9. The molecule has 1 unspecified atom stereocenters. The zero-order valence-electron chi connectivity index (χ0n) is 29.0. The van der Waals surface area contributed by atoms with Gasteiger partial charge in [0.1, 0.15) is 36.3 Å². The molecule has 9 rings (SSSR count). The van der Waals surface area contributed by atoms with Gasteiger partial charge in [0.25, 0.3) is 5.91 Å². The summed E-state index contributed by atoms with van der Waals surface area (Å²) in [5.74, 6) is 2.04. The maximum atomic E-state index is 15.3. The van der Waals surface area contributed by atoms with Crippen LogP contribution in [0.5, 0.6) is 17.4 Å². The van der Waals surface area contributed by atoms with Gasteiger partial charge in [0.15, 0.2) is 17.4 Å². The van der Waals surface area contributed by atoms with Crippen LogP contribution in [0.4, 0.5) is 8.78 Å². The molecular formula is C41H30F2N6O6. The highest BCUT2D eigenvalue weighted by Crippen LogP contribution is 2.36. The molecule has 2 aromatic carbocycles. The number of hydrogen-bond donors (Lipinski definition) is 2. The number of aromatic nitrogens is 4. The summed E-state index contributed by atoms with van der Waals surface area (Å²) >= 11 is 0. The molecular weight excluding hydrogens is 710 g/mol. The van der Waals surface area contributed by atoms with Crippen molar-refractivity contribution in [2.45, 2.75) is 50.5 Å². The lowest BCUT2D eigenvalue weighted by atomic mass is 9.92. The molecule has 0 spiro atoms. The standard InChI is InChI=1S/C41H30F2N6O6/c42-32-17-29-31(21-49(41(29)52)35-8-9-36(50)48-40(35)51)38(43)39(32)53-13-1-2-24-5-6-25(19-45-24)54-26-15-27(16-26)55-37-10-4-23(18-46-37)22-3-7-28-30-20-44-12-11-33(30)47-34(28)14-22/h3-7,10-12,14,17-20,26-27,35,47H,8-9,13,15-16,21H2,(H,48,50,51). The summed E-state index contributed by atoms with van der Waals surface area (Å²) in [4.78, 5) is 54.3. The third-order valence-electron chi connectivity index (χ3n) is 10.0. The molecule has 1 saturated carbocycles. The molecule has 55 heavy (non-hydrogen) atoms. The van der Waals surface area contributed by atoms with E-state index >= 15 is 4.39 Å². The van der Waals surface area contributed by atoms with E-state index in [9.17, 15) is 18.8 Å². The van der Waals surface area contributed by atoms with Gasteiger partial charge < -0.3 is 24.1 Å². The molecule has 3 aliphatic rings. The van der Waals surface area contributed by atoms with Gasteiger partial charge >= 0.3 is 0 Å². The van der Waals surface area contributed by atoms with Gasteiger partial charge in [-0.1, -0.05) is 18.1 Å². The van der Waals surface area contributed by atoms with Crippen molar-refractivity contribution in [1.29, 1.82) is 0 Å². The number of carbonyl (C=O) groups is 3. The van der Waals surface area contributed by atoms with E-state index in [1.54, 1.807) is 24.5 Å². The van der Waals surface area contributed by atoms with Crippen molar-refractivity contribution in [3.8, 4) is 40.3 Å². The number of halogens is 2. The van der Waals surface area contributed by atoms with Gasteiger partial charge in [0.05, 0.1) is 18.3 Å². The lowest BCUT2D eigenvalue weighted by molar-refractivity contribution is -0.136. The summed E-state index contributed by atoms with van der Waals surface area (Å²) in [6.45, 7) is -0.603. The molecule has 0 radical (unpaired) electrons. The first-order valence-corrected chi connectivity index (χ1v) is 17.7. The van der Waals surface area contributed by atoms with Crippen molar-refractivity contribution >= 4 is 39.5 Å². The Kier molecular flexibility index (Phi) is 8.53. The minimum atomic E-state index is -1.07. The highest BCUT2D eigenvalue weighted by Gasteiger charge is 2.41. The van der Waals surface area contributed by atoms with Crippen LogP contribution in [-0.4, -0.2) is 67.4 Å². The highest BCUT2D eigenvalue weighted by atomic mass is 19.1. The van der Waals surface area contributed by atoms with Crippen LogP contribution in [0.1, 0.15) is 47.3 Å². The number of nitrogens with one attached hydrogen (secondary N) is 2. The van der Waals surface area contributed by atoms with E-state index in [4.69, 9.17) is 14.2 Å². The van der Waals surface area contributed by atoms with Crippen LogP contribution in [0.15, 0.2) is 79.4 Å². The highest BCUT2D eigenvalue weighted by molar-refractivity contribution is 6.08. The second kappa shape index (κ2) is 13.8. The predicted molar refractivity (Wildman–Crippen MR) is 194 cm³/mol. The van der Waals surface area contributed by atoms with Crippen LogP contribution >= 0.6 is 0 Å². The molecule has 274 valence electrons. The third kappa shape index (κ3) is 6.54. The molecule has 6 aromatic rings. The number of H-pyrrole nitrogens is 1. The molecule has 1 atom stereocenters. The van der Waals surface area contributed by atoms with Gasteiger partial charge in [-0.25, -0.2) is 18.7 Å². The molecule has 3 amide bonds. The Balaban J connectivity index is 0.745.